The van der Waals surface area contributed by atoms with Crippen molar-refractivity contribution in [3.8, 4) is 0 Å². The third kappa shape index (κ3) is 8.99. The van der Waals surface area contributed by atoms with Crippen LogP contribution < -0.4 is 21.3 Å². The number of thioether (sulfide) groups is 1. The predicted molar refractivity (Wildman–Crippen MR) is 114 cm³/mol. The Balaban J connectivity index is 2.62. The van der Waals surface area contributed by atoms with Gasteiger partial charge in [-0.2, -0.15) is 11.8 Å². The van der Waals surface area contributed by atoms with E-state index in [1.807, 2.05) is 49.9 Å². The fraction of sp³-hybridized carbons (Fsp3) is 0.579. The Hall–Kier alpha value is -1.89. The van der Waals surface area contributed by atoms with E-state index in [9.17, 15) is 4.79 Å². The molecular weight excluding hydrogens is 346 g/mol. The standard InChI is InChI=1S/C19H33N5OS/c1-7-20-17(22-13-19(4,5)26-6)21-12-15-8-10-16(11-9-15)24-18(25)23-14(2)3/h8-11,14H,7,12-13H2,1-6H3,(H2,20,21,22)(H2,23,24,25). The molecule has 0 saturated carbocycles. The number of amides is 2. The molecule has 0 saturated heterocycles. The summed E-state index contributed by atoms with van der Waals surface area (Å²) in [4.78, 5) is 16.3. The molecule has 146 valence electrons. The van der Waals surface area contributed by atoms with Gasteiger partial charge in [-0.25, -0.2) is 9.79 Å². The molecule has 1 rings (SSSR count). The average molecular weight is 380 g/mol. The Labute approximate surface area is 162 Å². The van der Waals surface area contributed by atoms with E-state index in [-0.39, 0.29) is 16.8 Å². The van der Waals surface area contributed by atoms with Crippen molar-refractivity contribution in [1.29, 1.82) is 0 Å². The lowest BCUT2D eigenvalue weighted by atomic mass is 10.2. The van der Waals surface area contributed by atoms with Crippen LogP contribution in [-0.4, -0.2) is 42.1 Å². The highest BCUT2D eigenvalue weighted by molar-refractivity contribution is 7.99. The first-order chi connectivity index (χ1) is 12.3. The smallest absolute Gasteiger partial charge is 0.319 e. The van der Waals surface area contributed by atoms with Crippen molar-refractivity contribution in [3.63, 3.8) is 0 Å². The van der Waals surface area contributed by atoms with Crippen LogP contribution in [0.5, 0.6) is 0 Å². The van der Waals surface area contributed by atoms with Crippen LogP contribution in [0.2, 0.25) is 0 Å². The molecular formula is C19H33N5OS. The number of aliphatic imine (C=N–C) groups is 1. The van der Waals surface area contributed by atoms with Gasteiger partial charge in [0.25, 0.3) is 0 Å². The number of anilines is 1. The fourth-order valence-corrected chi connectivity index (χ4v) is 2.22. The normalized spacial score (nSPS) is 12.0. The molecule has 4 N–H and O–H groups in total. The maximum Gasteiger partial charge on any atom is 0.319 e. The quantitative estimate of drug-likeness (QED) is 0.412. The molecule has 2 amide bonds. The molecule has 1 aromatic carbocycles. The minimum Gasteiger partial charge on any atom is -0.357 e. The topological polar surface area (TPSA) is 77.5 Å². The highest BCUT2D eigenvalue weighted by Crippen LogP contribution is 2.19. The van der Waals surface area contributed by atoms with Crippen LogP contribution >= 0.6 is 11.8 Å². The number of hydrogen-bond donors (Lipinski definition) is 4. The number of guanidine groups is 1. The summed E-state index contributed by atoms with van der Waals surface area (Å²) in [6.45, 7) is 12.6. The van der Waals surface area contributed by atoms with Gasteiger partial charge in [-0.15, -0.1) is 0 Å². The monoisotopic (exact) mass is 379 g/mol. The second kappa shape index (κ2) is 11.0. The predicted octanol–water partition coefficient (Wildman–Crippen LogP) is 3.41. The summed E-state index contributed by atoms with van der Waals surface area (Å²) in [5, 5.41) is 12.3. The van der Waals surface area contributed by atoms with Gasteiger partial charge < -0.3 is 21.3 Å². The third-order valence-electron chi connectivity index (χ3n) is 3.63. The van der Waals surface area contributed by atoms with Gasteiger partial charge >= 0.3 is 6.03 Å². The second-order valence-electron chi connectivity index (χ2n) is 6.96. The molecule has 0 aromatic heterocycles. The van der Waals surface area contributed by atoms with Crippen molar-refractivity contribution < 1.29 is 4.79 Å². The molecule has 26 heavy (non-hydrogen) atoms. The number of carbonyl (C=O) groups is 1. The largest absolute Gasteiger partial charge is 0.357 e. The Bertz CT molecular complexity index is 584. The van der Waals surface area contributed by atoms with Crippen LogP contribution in [0.4, 0.5) is 10.5 Å². The van der Waals surface area contributed by atoms with Gasteiger partial charge in [-0.3, -0.25) is 0 Å². The second-order valence-corrected chi connectivity index (χ2v) is 8.48. The van der Waals surface area contributed by atoms with Crippen molar-refractivity contribution in [1.82, 2.24) is 16.0 Å². The Kier molecular flexibility index (Phi) is 9.34. The Morgan fingerprint density at radius 2 is 1.85 bits per heavy atom. The number of urea groups is 1. The minimum atomic E-state index is -0.194. The lowest BCUT2D eigenvalue weighted by Crippen LogP contribution is -2.43. The summed E-state index contributed by atoms with van der Waals surface area (Å²) < 4.78 is 0.153. The summed E-state index contributed by atoms with van der Waals surface area (Å²) in [7, 11) is 0. The van der Waals surface area contributed by atoms with Crippen molar-refractivity contribution >= 4 is 29.4 Å². The van der Waals surface area contributed by atoms with E-state index in [1.54, 1.807) is 0 Å². The molecule has 0 fully saturated rings. The van der Waals surface area contributed by atoms with Gasteiger partial charge in [-0.1, -0.05) is 12.1 Å². The van der Waals surface area contributed by atoms with E-state index < -0.39 is 0 Å². The molecule has 0 aliphatic heterocycles. The number of carbonyl (C=O) groups excluding carboxylic acids is 1. The zero-order chi connectivity index (χ0) is 19.6. The van der Waals surface area contributed by atoms with Gasteiger partial charge in [0.05, 0.1) is 6.54 Å². The highest BCUT2D eigenvalue weighted by atomic mass is 32.2. The molecule has 0 heterocycles. The van der Waals surface area contributed by atoms with Crippen LogP contribution in [0.3, 0.4) is 0 Å². The molecule has 0 spiro atoms. The molecule has 0 aliphatic rings. The molecule has 1 aromatic rings. The van der Waals surface area contributed by atoms with Crippen LogP contribution in [0.25, 0.3) is 0 Å². The van der Waals surface area contributed by atoms with Crippen molar-refractivity contribution in [2.24, 2.45) is 4.99 Å². The number of hydrogen-bond acceptors (Lipinski definition) is 3. The third-order valence-corrected chi connectivity index (χ3v) is 4.88. The van der Waals surface area contributed by atoms with Gasteiger partial charge in [-0.05, 0) is 58.6 Å². The first-order valence-electron chi connectivity index (χ1n) is 8.99. The summed E-state index contributed by atoms with van der Waals surface area (Å²) in [5.41, 5.74) is 1.85. The summed E-state index contributed by atoms with van der Waals surface area (Å²) >= 11 is 1.83. The van der Waals surface area contributed by atoms with Crippen molar-refractivity contribution in [3.05, 3.63) is 29.8 Å². The van der Waals surface area contributed by atoms with E-state index in [2.05, 4.69) is 53.3 Å². The molecule has 0 unspecified atom stereocenters. The van der Waals surface area contributed by atoms with Gasteiger partial charge in [0, 0.05) is 29.6 Å². The van der Waals surface area contributed by atoms with Crippen molar-refractivity contribution in [2.75, 3.05) is 24.7 Å². The van der Waals surface area contributed by atoms with E-state index in [0.717, 1.165) is 30.3 Å². The van der Waals surface area contributed by atoms with Crippen LogP contribution in [0.15, 0.2) is 29.3 Å². The van der Waals surface area contributed by atoms with Crippen LogP contribution in [0, 0.1) is 0 Å². The zero-order valence-corrected chi connectivity index (χ0v) is 17.6. The molecule has 0 atom stereocenters. The minimum absolute atomic E-state index is 0.108. The number of benzene rings is 1. The van der Waals surface area contributed by atoms with E-state index in [0.29, 0.717) is 6.54 Å². The average Bonchev–Trinajstić information content (AvgIpc) is 2.58. The van der Waals surface area contributed by atoms with E-state index >= 15 is 0 Å². The maximum absolute atomic E-state index is 11.7. The Morgan fingerprint density at radius 1 is 1.19 bits per heavy atom. The fourth-order valence-electron chi connectivity index (χ4n) is 2.00. The van der Waals surface area contributed by atoms with Gasteiger partial charge in [0.1, 0.15) is 0 Å². The number of nitrogens with zero attached hydrogens (tertiary/aromatic N) is 1. The van der Waals surface area contributed by atoms with Gasteiger partial charge in [0.15, 0.2) is 5.96 Å². The molecule has 7 heteroatoms. The van der Waals surface area contributed by atoms with E-state index in [1.165, 1.54) is 0 Å². The summed E-state index contributed by atoms with van der Waals surface area (Å²) in [6, 6.07) is 7.65. The van der Waals surface area contributed by atoms with Crippen LogP contribution in [-0.2, 0) is 6.54 Å². The van der Waals surface area contributed by atoms with Crippen molar-refractivity contribution in [2.45, 2.75) is 52.0 Å². The Morgan fingerprint density at radius 3 is 2.38 bits per heavy atom. The summed E-state index contributed by atoms with van der Waals surface area (Å²) in [5.74, 6) is 0.813. The number of rotatable bonds is 8. The maximum atomic E-state index is 11.7. The number of nitrogens with one attached hydrogen (secondary N) is 4. The zero-order valence-electron chi connectivity index (χ0n) is 16.8. The van der Waals surface area contributed by atoms with Crippen LogP contribution in [0.1, 0.15) is 40.2 Å². The highest BCUT2D eigenvalue weighted by Gasteiger charge is 2.16. The molecule has 0 radical (unpaired) electrons. The lowest BCUT2D eigenvalue weighted by molar-refractivity contribution is 0.250. The summed E-state index contributed by atoms with van der Waals surface area (Å²) in [6.07, 6.45) is 2.11. The lowest BCUT2D eigenvalue weighted by Gasteiger charge is -2.23. The molecule has 6 nitrogen and oxygen atoms in total. The molecule has 0 bridgehead atoms. The molecule has 0 aliphatic carbocycles. The first kappa shape index (κ1) is 22.2. The van der Waals surface area contributed by atoms with E-state index in [4.69, 9.17) is 0 Å². The first-order valence-corrected chi connectivity index (χ1v) is 10.2. The van der Waals surface area contributed by atoms with Gasteiger partial charge in [0.2, 0.25) is 0 Å². The SMILES string of the molecule is CCNC(=NCc1ccc(NC(=O)NC(C)C)cc1)NCC(C)(C)SC.